The van der Waals surface area contributed by atoms with Crippen LogP contribution in [0.4, 0.5) is 5.69 Å². The smallest absolute Gasteiger partial charge is 0.290 e. The monoisotopic (exact) mass is 336 g/mol. The minimum absolute atomic E-state index is 0.0695. The summed E-state index contributed by atoms with van der Waals surface area (Å²) in [5.41, 5.74) is -1.65. The molecule has 0 saturated carbocycles. The molecule has 0 heterocycles. The molecule has 7 nitrogen and oxygen atoms in total. The average molecular weight is 337 g/mol. The zero-order valence-electron chi connectivity index (χ0n) is 11.7. The first-order chi connectivity index (χ1) is 9.71. The van der Waals surface area contributed by atoms with Crippen molar-refractivity contribution in [3.63, 3.8) is 0 Å². The first-order valence-electron chi connectivity index (χ1n) is 6.30. The Balaban J connectivity index is 3.35. The van der Waals surface area contributed by atoms with Crippen LogP contribution >= 0.6 is 11.6 Å². The molecule has 0 radical (unpaired) electrons. The van der Waals surface area contributed by atoms with Gasteiger partial charge in [-0.1, -0.05) is 25.4 Å². The number of halogens is 1. The normalized spacial score (nSPS) is 12.4. The predicted octanol–water partition coefficient (Wildman–Crippen LogP) is 2.08. The highest BCUT2D eigenvalue weighted by Crippen LogP contribution is 2.28. The molecule has 0 fully saturated rings. The quantitative estimate of drug-likeness (QED) is 0.585. The van der Waals surface area contributed by atoms with E-state index >= 15 is 0 Å². The van der Waals surface area contributed by atoms with Crippen molar-refractivity contribution in [2.75, 3.05) is 6.61 Å². The summed E-state index contributed by atoms with van der Waals surface area (Å²) < 4.78 is 27.1. The molecule has 1 aromatic rings. The molecule has 118 valence electrons. The van der Waals surface area contributed by atoms with Gasteiger partial charge in [-0.25, -0.2) is 13.1 Å². The van der Waals surface area contributed by atoms with Crippen molar-refractivity contribution in [2.45, 2.75) is 37.1 Å². The lowest BCUT2D eigenvalue weighted by atomic mass is 9.96. The van der Waals surface area contributed by atoms with E-state index in [1.165, 1.54) is 6.07 Å². The molecule has 0 saturated heterocycles. The van der Waals surface area contributed by atoms with Gasteiger partial charge < -0.3 is 5.11 Å². The van der Waals surface area contributed by atoms with Crippen molar-refractivity contribution < 1.29 is 18.4 Å². The summed E-state index contributed by atoms with van der Waals surface area (Å²) in [6.07, 6.45) is 0.696. The highest BCUT2D eigenvalue weighted by molar-refractivity contribution is 7.89. The van der Waals surface area contributed by atoms with E-state index in [0.29, 0.717) is 12.8 Å². The fourth-order valence-electron chi connectivity index (χ4n) is 1.85. The molecule has 1 aromatic carbocycles. The number of hydrogen-bond donors (Lipinski definition) is 2. The highest BCUT2D eigenvalue weighted by atomic mass is 35.5. The lowest BCUT2D eigenvalue weighted by Gasteiger charge is -2.30. The number of benzene rings is 1. The van der Waals surface area contributed by atoms with Crippen LogP contribution in [0.25, 0.3) is 0 Å². The highest BCUT2D eigenvalue weighted by Gasteiger charge is 2.35. The van der Waals surface area contributed by atoms with Crippen molar-refractivity contribution >= 4 is 27.3 Å². The molecule has 1 rings (SSSR count). The van der Waals surface area contributed by atoms with Crippen molar-refractivity contribution in [1.29, 1.82) is 0 Å². The summed E-state index contributed by atoms with van der Waals surface area (Å²) in [5, 5.41) is 20.5. The molecule has 0 atom stereocenters. The Morgan fingerprint density at radius 3 is 2.38 bits per heavy atom. The topological polar surface area (TPSA) is 110 Å². The maximum Gasteiger partial charge on any atom is 0.290 e. The third kappa shape index (κ3) is 3.91. The molecule has 0 aromatic heterocycles. The lowest BCUT2D eigenvalue weighted by Crippen LogP contribution is -2.50. The molecular weight excluding hydrogens is 320 g/mol. The zero-order chi connectivity index (χ0) is 16.3. The van der Waals surface area contributed by atoms with E-state index in [0.717, 1.165) is 12.1 Å². The van der Waals surface area contributed by atoms with Gasteiger partial charge in [0.15, 0.2) is 4.90 Å². The third-order valence-electron chi connectivity index (χ3n) is 3.41. The predicted molar refractivity (Wildman–Crippen MR) is 78.8 cm³/mol. The first kappa shape index (κ1) is 17.8. The second kappa shape index (κ2) is 6.69. The van der Waals surface area contributed by atoms with Gasteiger partial charge in [-0.05, 0) is 25.0 Å². The Hall–Kier alpha value is -1.22. The van der Waals surface area contributed by atoms with Crippen LogP contribution in [0.15, 0.2) is 23.1 Å². The zero-order valence-corrected chi connectivity index (χ0v) is 13.2. The molecule has 0 spiro atoms. The number of aliphatic hydroxyl groups excluding tert-OH is 1. The van der Waals surface area contributed by atoms with Gasteiger partial charge in [-0.15, -0.1) is 0 Å². The van der Waals surface area contributed by atoms with Crippen molar-refractivity contribution in [3.05, 3.63) is 33.3 Å². The van der Waals surface area contributed by atoms with Crippen LogP contribution in [0.2, 0.25) is 5.02 Å². The minimum Gasteiger partial charge on any atom is -0.394 e. The van der Waals surface area contributed by atoms with Gasteiger partial charge in [0.1, 0.15) is 0 Å². The minimum atomic E-state index is -4.16. The summed E-state index contributed by atoms with van der Waals surface area (Å²) in [4.78, 5) is 9.72. The number of aliphatic hydroxyl groups is 1. The molecule has 21 heavy (non-hydrogen) atoms. The van der Waals surface area contributed by atoms with Crippen molar-refractivity contribution in [3.8, 4) is 0 Å². The molecule has 0 aliphatic rings. The number of hydrogen-bond acceptors (Lipinski definition) is 5. The van der Waals surface area contributed by atoms with Crippen LogP contribution in [0.1, 0.15) is 26.7 Å². The number of rotatable bonds is 7. The number of nitrogens with one attached hydrogen (secondary N) is 1. The van der Waals surface area contributed by atoms with Crippen LogP contribution in [0.3, 0.4) is 0 Å². The number of nitro groups is 1. The average Bonchev–Trinajstić information content (AvgIpc) is 2.44. The van der Waals surface area contributed by atoms with Crippen LogP contribution in [0, 0.1) is 10.1 Å². The molecule has 0 aliphatic heterocycles. The summed E-state index contributed by atoms with van der Waals surface area (Å²) in [6.45, 7) is 3.04. The third-order valence-corrected chi connectivity index (χ3v) is 5.28. The molecule has 0 unspecified atom stereocenters. The van der Waals surface area contributed by atoms with Gasteiger partial charge in [-0.2, -0.15) is 0 Å². The van der Waals surface area contributed by atoms with Gasteiger partial charge in [0.2, 0.25) is 10.0 Å². The summed E-state index contributed by atoms with van der Waals surface area (Å²) in [6, 6.07) is 3.33. The Morgan fingerprint density at radius 2 is 1.95 bits per heavy atom. The lowest BCUT2D eigenvalue weighted by molar-refractivity contribution is -0.387. The Kier molecular flexibility index (Phi) is 5.68. The van der Waals surface area contributed by atoms with E-state index in [4.69, 9.17) is 11.6 Å². The maximum absolute atomic E-state index is 12.4. The van der Waals surface area contributed by atoms with E-state index in [9.17, 15) is 23.6 Å². The van der Waals surface area contributed by atoms with Crippen molar-refractivity contribution in [1.82, 2.24) is 4.72 Å². The SMILES string of the molecule is CCC(CC)(CO)NS(=O)(=O)c1ccc(Cl)cc1[N+](=O)[O-]. The molecular formula is C12H17ClN2O5S. The number of nitrogens with zero attached hydrogens (tertiary/aromatic N) is 1. The summed E-state index contributed by atoms with van der Waals surface area (Å²) in [5.74, 6) is 0. The summed E-state index contributed by atoms with van der Waals surface area (Å²) in [7, 11) is -4.16. The van der Waals surface area contributed by atoms with Crippen LogP contribution in [-0.2, 0) is 10.0 Å². The maximum atomic E-state index is 12.4. The molecule has 0 bridgehead atoms. The fourth-order valence-corrected chi connectivity index (χ4v) is 3.71. The van der Waals surface area contributed by atoms with Crippen LogP contribution in [-0.4, -0.2) is 30.6 Å². The fraction of sp³-hybridized carbons (Fsp3) is 0.500. The van der Waals surface area contributed by atoms with Gasteiger partial charge >= 0.3 is 0 Å². The second-order valence-electron chi connectivity index (χ2n) is 4.62. The Morgan fingerprint density at radius 1 is 1.38 bits per heavy atom. The van der Waals surface area contributed by atoms with Crippen LogP contribution in [0.5, 0.6) is 0 Å². The van der Waals surface area contributed by atoms with Gasteiger partial charge in [-0.3, -0.25) is 10.1 Å². The molecule has 0 amide bonds. The standard InChI is InChI=1S/C12H17ClN2O5S/c1-3-12(4-2,8-16)14-21(19,20)11-6-5-9(13)7-10(11)15(17)18/h5-7,14,16H,3-4,8H2,1-2H3. The Bertz CT molecular complexity index is 620. The van der Waals surface area contributed by atoms with Gasteiger partial charge in [0, 0.05) is 11.1 Å². The largest absolute Gasteiger partial charge is 0.394 e. The summed E-state index contributed by atoms with van der Waals surface area (Å²) >= 11 is 5.67. The van der Waals surface area contributed by atoms with E-state index in [1.807, 2.05) is 0 Å². The number of nitro benzene ring substituents is 1. The Labute approximate surface area is 128 Å². The van der Waals surface area contributed by atoms with E-state index in [1.54, 1.807) is 13.8 Å². The van der Waals surface area contributed by atoms with Gasteiger partial charge in [0.25, 0.3) is 5.69 Å². The van der Waals surface area contributed by atoms with E-state index < -0.39 is 37.7 Å². The second-order valence-corrected chi connectivity index (χ2v) is 6.71. The van der Waals surface area contributed by atoms with Gasteiger partial charge in [0.05, 0.1) is 17.1 Å². The van der Waals surface area contributed by atoms with E-state index in [2.05, 4.69) is 4.72 Å². The molecule has 2 N–H and O–H groups in total. The van der Waals surface area contributed by atoms with Crippen LogP contribution < -0.4 is 4.72 Å². The van der Waals surface area contributed by atoms with E-state index in [-0.39, 0.29) is 5.02 Å². The van der Waals surface area contributed by atoms with Crippen molar-refractivity contribution in [2.24, 2.45) is 0 Å². The molecule has 0 aliphatic carbocycles. The molecule has 9 heteroatoms. The first-order valence-corrected chi connectivity index (χ1v) is 8.16. The number of sulfonamides is 1.